The van der Waals surface area contributed by atoms with Crippen LogP contribution in [0.2, 0.25) is 0 Å². The van der Waals surface area contributed by atoms with Gasteiger partial charge in [-0.3, -0.25) is 9.80 Å². The number of hydrogen-bond donors (Lipinski definition) is 1. The maximum Gasteiger partial charge on any atom is 0.118 e. The minimum atomic E-state index is 0.215. The van der Waals surface area contributed by atoms with Crippen molar-refractivity contribution in [1.29, 1.82) is 0 Å². The third-order valence-corrected chi connectivity index (χ3v) is 4.75. The zero-order chi connectivity index (χ0) is 16.9. The Morgan fingerprint density at radius 3 is 2.46 bits per heavy atom. The van der Waals surface area contributed by atoms with Crippen molar-refractivity contribution in [3.63, 3.8) is 0 Å². The summed E-state index contributed by atoms with van der Waals surface area (Å²) in [6.45, 7) is 8.88. The number of hydrogen-bond acceptors (Lipinski definition) is 5. The number of piperazine rings is 1. The van der Waals surface area contributed by atoms with Gasteiger partial charge in [-0.25, -0.2) is 0 Å². The molecule has 1 unspecified atom stereocenters. The molecule has 1 aliphatic heterocycles. The average Bonchev–Trinajstić information content (AvgIpc) is 3.19. The van der Waals surface area contributed by atoms with Crippen molar-refractivity contribution in [2.75, 3.05) is 26.2 Å². The number of aliphatic hydroxyl groups excluding tert-OH is 1. The standard InChI is InChI=1S/C19H28N2O3/c1-3-17-6-7-18(24-17)13-20-9-10-21(16(12-20)8-11-22)14-19-5-4-15(2)23-19/h4-7,16,22H,3,8-14H2,1-2H3. The third kappa shape index (κ3) is 4.29. The van der Waals surface area contributed by atoms with Crippen LogP contribution in [0.5, 0.6) is 0 Å². The van der Waals surface area contributed by atoms with E-state index in [0.717, 1.165) is 68.6 Å². The lowest BCUT2D eigenvalue weighted by Gasteiger charge is -2.40. The summed E-state index contributed by atoms with van der Waals surface area (Å²) < 4.78 is 11.6. The molecule has 2 aromatic rings. The molecular weight excluding hydrogens is 304 g/mol. The largest absolute Gasteiger partial charge is 0.465 e. The summed E-state index contributed by atoms with van der Waals surface area (Å²) in [4.78, 5) is 4.84. The van der Waals surface area contributed by atoms with Crippen molar-refractivity contribution in [1.82, 2.24) is 9.80 Å². The van der Waals surface area contributed by atoms with Gasteiger partial charge in [0.1, 0.15) is 23.0 Å². The summed E-state index contributed by atoms with van der Waals surface area (Å²) in [7, 11) is 0. The second-order valence-corrected chi connectivity index (χ2v) is 6.61. The first-order valence-electron chi connectivity index (χ1n) is 8.88. The SMILES string of the molecule is CCc1ccc(CN2CCN(Cc3ccc(C)o3)C(CCO)C2)o1. The molecular formula is C19H28N2O3. The topological polar surface area (TPSA) is 53.0 Å². The highest BCUT2D eigenvalue weighted by molar-refractivity contribution is 5.08. The van der Waals surface area contributed by atoms with Crippen LogP contribution in [0.4, 0.5) is 0 Å². The molecule has 1 atom stereocenters. The Balaban J connectivity index is 1.59. The predicted molar refractivity (Wildman–Crippen MR) is 92.7 cm³/mol. The average molecular weight is 332 g/mol. The Morgan fingerprint density at radius 2 is 1.79 bits per heavy atom. The highest BCUT2D eigenvalue weighted by atomic mass is 16.3. The first kappa shape index (κ1) is 17.3. The minimum Gasteiger partial charge on any atom is -0.465 e. The molecule has 0 amide bonds. The van der Waals surface area contributed by atoms with Crippen LogP contribution >= 0.6 is 0 Å². The zero-order valence-corrected chi connectivity index (χ0v) is 14.7. The molecule has 3 heterocycles. The van der Waals surface area contributed by atoms with Crippen LogP contribution in [0.1, 0.15) is 36.4 Å². The van der Waals surface area contributed by atoms with E-state index in [2.05, 4.69) is 28.9 Å². The normalized spacial score (nSPS) is 19.9. The van der Waals surface area contributed by atoms with Crippen LogP contribution in [0.15, 0.2) is 33.1 Å². The van der Waals surface area contributed by atoms with Gasteiger partial charge in [-0.2, -0.15) is 0 Å². The molecule has 132 valence electrons. The lowest BCUT2D eigenvalue weighted by Crippen LogP contribution is -2.52. The molecule has 0 bridgehead atoms. The Morgan fingerprint density at radius 1 is 1.04 bits per heavy atom. The molecule has 0 aromatic carbocycles. The third-order valence-electron chi connectivity index (χ3n) is 4.75. The molecule has 5 nitrogen and oxygen atoms in total. The molecule has 0 spiro atoms. The fourth-order valence-electron chi connectivity index (χ4n) is 3.42. The summed E-state index contributed by atoms with van der Waals surface area (Å²) in [5, 5.41) is 9.43. The molecule has 5 heteroatoms. The Hall–Kier alpha value is -1.56. The van der Waals surface area contributed by atoms with E-state index >= 15 is 0 Å². The molecule has 0 radical (unpaired) electrons. The second kappa shape index (κ2) is 8.01. The maximum absolute atomic E-state index is 9.43. The molecule has 1 N–H and O–H groups in total. The van der Waals surface area contributed by atoms with Crippen LogP contribution in [0, 0.1) is 6.92 Å². The van der Waals surface area contributed by atoms with Crippen LogP contribution in [0.3, 0.4) is 0 Å². The summed E-state index contributed by atoms with van der Waals surface area (Å²) in [5.41, 5.74) is 0. The van der Waals surface area contributed by atoms with Gasteiger partial charge in [-0.15, -0.1) is 0 Å². The lowest BCUT2D eigenvalue weighted by molar-refractivity contribution is 0.0423. The highest BCUT2D eigenvalue weighted by Crippen LogP contribution is 2.20. The van der Waals surface area contributed by atoms with Crippen molar-refractivity contribution in [3.8, 4) is 0 Å². The summed E-state index contributed by atoms with van der Waals surface area (Å²) in [6, 6.07) is 8.55. The number of furan rings is 2. The van der Waals surface area contributed by atoms with Crippen molar-refractivity contribution in [2.45, 2.75) is 45.8 Å². The molecule has 0 saturated carbocycles. The first-order chi connectivity index (χ1) is 11.7. The maximum atomic E-state index is 9.43. The molecule has 1 aliphatic rings. The van der Waals surface area contributed by atoms with Crippen LogP contribution < -0.4 is 0 Å². The lowest BCUT2D eigenvalue weighted by atomic mass is 10.1. The van der Waals surface area contributed by atoms with Crippen molar-refractivity contribution >= 4 is 0 Å². The minimum absolute atomic E-state index is 0.215. The van der Waals surface area contributed by atoms with E-state index in [1.54, 1.807) is 0 Å². The van der Waals surface area contributed by atoms with E-state index in [1.807, 2.05) is 19.1 Å². The first-order valence-corrected chi connectivity index (χ1v) is 8.88. The second-order valence-electron chi connectivity index (χ2n) is 6.61. The van der Waals surface area contributed by atoms with Crippen molar-refractivity contribution in [2.24, 2.45) is 0 Å². The number of rotatable bonds is 7. The van der Waals surface area contributed by atoms with Gasteiger partial charge in [-0.05, 0) is 37.6 Å². The van der Waals surface area contributed by atoms with Gasteiger partial charge in [0.25, 0.3) is 0 Å². The van der Waals surface area contributed by atoms with Gasteiger partial charge in [0.05, 0.1) is 13.1 Å². The van der Waals surface area contributed by atoms with Crippen LogP contribution in [0.25, 0.3) is 0 Å². The van der Waals surface area contributed by atoms with Crippen LogP contribution in [-0.4, -0.2) is 47.2 Å². The monoisotopic (exact) mass is 332 g/mol. The summed E-state index contributed by atoms with van der Waals surface area (Å²) in [5.74, 6) is 4.03. The van der Waals surface area contributed by atoms with E-state index in [9.17, 15) is 5.11 Å². The predicted octanol–water partition coefficient (Wildman–Crippen LogP) is 2.81. The van der Waals surface area contributed by atoms with Gasteiger partial charge in [-0.1, -0.05) is 6.92 Å². The Bertz CT molecular complexity index is 634. The molecule has 0 aliphatic carbocycles. The summed E-state index contributed by atoms with van der Waals surface area (Å²) >= 11 is 0. The summed E-state index contributed by atoms with van der Waals surface area (Å²) in [6.07, 6.45) is 1.72. The van der Waals surface area contributed by atoms with Crippen LogP contribution in [-0.2, 0) is 19.5 Å². The molecule has 1 saturated heterocycles. The van der Waals surface area contributed by atoms with Crippen molar-refractivity contribution < 1.29 is 13.9 Å². The molecule has 24 heavy (non-hydrogen) atoms. The van der Waals surface area contributed by atoms with Gasteiger partial charge < -0.3 is 13.9 Å². The number of aliphatic hydroxyl groups is 1. The van der Waals surface area contributed by atoms with E-state index < -0.39 is 0 Å². The quantitative estimate of drug-likeness (QED) is 0.845. The van der Waals surface area contributed by atoms with Gasteiger partial charge in [0.15, 0.2) is 0 Å². The van der Waals surface area contributed by atoms with Gasteiger partial charge >= 0.3 is 0 Å². The fourth-order valence-corrected chi connectivity index (χ4v) is 3.42. The van der Waals surface area contributed by atoms with Gasteiger partial charge in [0.2, 0.25) is 0 Å². The van der Waals surface area contributed by atoms with E-state index in [4.69, 9.17) is 8.83 Å². The number of nitrogens with zero attached hydrogens (tertiary/aromatic N) is 2. The van der Waals surface area contributed by atoms with E-state index in [0.29, 0.717) is 6.04 Å². The molecule has 1 fully saturated rings. The van der Waals surface area contributed by atoms with Gasteiger partial charge in [0, 0.05) is 38.7 Å². The smallest absolute Gasteiger partial charge is 0.118 e. The number of aryl methyl sites for hydroxylation is 2. The fraction of sp³-hybridized carbons (Fsp3) is 0.579. The molecule has 3 rings (SSSR count). The zero-order valence-electron chi connectivity index (χ0n) is 14.7. The Labute approximate surface area is 143 Å². The molecule has 2 aromatic heterocycles. The Kier molecular flexibility index (Phi) is 5.76. The van der Waals surface area contributed by atoms with E-state index in [-0.39, 0.29) is 6.61 Å². The van der Waals surface area contributed by atoms with Crippen molar-refractivity contribution in [3.05, 3.63) is 47.3 Å². The van der Waals surface area contributed by atoms with E-state index in [1.165, 1.54) is 0 Å². The highest BCUT2D eigenvalue weighted by Gasteiger charge is 2.27.